The molecule has 0 saturated heterocycles. The van der Waals surface area contributed by atoms with E-state index in [4.69, 9.17) is 16.3 Å². The molecule has 0 fully saturated rings. The third-order valence-corrected chi connectivity index (χ3v) is 2.30. The molecule has 0 amide bonds. The first-order valence-corrected chi connectivity index (χ1v) is 5.27. The van der Waals surface area contributed by atoms with Crippen LogP contribution in [0.5, 0.6) is 0 Å². The van der Waals surface area contributed by atoms with Gasteiger partial charge >= 0.3 is 5.97 Å². The molecule has 0 unspecified atom stereocenters. The van der Waals surface area contributed by atoms with E-state index in [9.17, 15) is 4.79 Å². The molecule has 0 aromatic carbocycles. The fourth-order valence-corrected chi connectivity index (χ4v) is 1.57. The summed E-state index contributed by atoms with van der Waals surface area (Å²) in [7, 11) is 0. The van der Waals surface area contributed by atoms with Crippen molar-refractivity contribution in [1.82, 2.24) is 4.98 Å². The molecule has 0 radical (unpaired) electrons. The molecular weight excluding hydrogens is 269 g/mol. The van der Waals surface area contributed by atoms with Crippen LogP contribution in [0.3, 0.4) is 0 Å². The molecule has 3 nitrogen and oxygen atoms in total. The summed E-state index contributed by atoms with van der Waals surface area (Å²) in [4.78, 5) is 15.1. The molecule has 14 heavy (non-hydrogen) atoms. The molecule has 1 aromatic rings. The van der Waals surface area contributed by atoms with Crippen molar-refractivity contribution < 1.29 is 9.53 Å². The van der Waals surface area contributed by atoms with Crippen molar-refractivity contribution in [1.29, 1.82) is 0 Å². The Bertz CT molecular complexity index is 344. The predicted octanol–water partition coefficient (Wildman–Crippen LogP) is 2.60. The van der Waals surface area contributed by atoms with Crippen LogP contribution in [0.4, 0.5) is 0 Å². The number of carbonyl (C=O) groups is 1. The fraction of sp³-hybridized carbons (Fsp3) is 0.333. The number of hydrogen-bond acceptors (Lipinski definition) is 3. The summed E-state index contributed by atoms with van der Waals surface area (Å²) in [6, 6.07) is 3.48. The number of hydrogen-bond donors (Lipinski definition) is 0. The maximum absolute atomic E-state index is 11.1. The molecule has 0 aliphatic carbocycles. The Morgan fingerprint density at radius 3 is 2.93 bits per heavy atom. The number of pyridine rings is 1. The van der Waals surface area contributed by atoms with Crippen molar-refractivity contribution in [2.75, 3.05) is 6.61 Å². The number of rotatable bonds is 3. The lowest BCUT2D eigenvalue weighted by Gasteiger charge is -2.03. The van der Waals surface area contributed by atoms with Crippen LogP contribution in [-0.2, 0) is 16.0 Å². The van der Waals surface area contributed by atoms with E-state index in [0.717, 1.165) is 0 Å². The van der Waals surface area contributed by atoms with Gasteiger partial charge in [-0.25, -0.2) is 4.98 Å². The standard InChI is InChI=1S/C9H9BrClNO2/c1-2-14-8(13)5-6-3-4-7(10)12-9(6)11/h3-4H,2,5H2,1H3. The zero-order chi connectivity index (χ0) is 10.6. The third kappa shape index (κ3) is 3.27. The van der Waals surface area contributed by atoms with Gasteiger partial charge in [-0.3, -0.25) is 4.79 Å². The van der Waals surface area contributed by atoms with Crippen LogP contribution in [0, 0.1) is 0 Å². The topological polar surface area (TPSA) is 39.2 Å². The van der Waals surface area contributed by atoms with Crippen LogP contribution >= 0.6 is 27.5 Å². The smallest absolute Gasteiger partial charge is 0.310 e. The number of ether oxygens (including phenoxy) is 1. The molecule has 1 aromatic heterocycles. The number of aromatic nitrogens is 1. The average molecular weight is 279 g/mol. The quantitative estimate of drug-likeness (QED) is 0.630. The fourth-order valence-electron chi connectivity index (χ4n) is 0.940. The summed E-state index contributed by atoms with van der Waals surface area (Å²) in [5, 5.41) is 0.326. The third-order valence-electron chi connectivity index (χ3n) is 1.53. The van der Waals surface area contributed by atoms with Gasteiger partial charge in [0.1, 0.15) is 9.76 Å². The molecule has 0 atom stereocenters. The van der Waals surface area contributed by atoms with Crippen LogP contribution in [0.1, 0.15) is 12.5 Å². The highest BCUT2D eigenvalue weighted by molar-refractivity contribution is 9.10. The molecule has 0 bridgehead atoms. The summed E-state index contributed by atoms with van der Waals surface area (Å²) in [5.74, 6) is -0.293. The second-order valence-corrected chi connectivity index (χ2v) is 3.74. The van der Waals surface area contributed by atoms with E-state index in [-0.39, 0.29) is 12.4 Å². The van der Waals surface area contributed by atoms with Gasteiger partial charge in [-0.05, 0) is 28.9 Å². The summed E-state index contributed by atoms with van der Waals surface area (Å²) in [6.07, 6.45) is 0.160. The molecule has 0 aliphatic rings. The van der Waals surface area contributed by atoms with Crippen LogP contribution in [0.25, 0.3) is 0 Å². The highest BCUT2D eigenvalue weighted by atomic mass is 79.9. The molecule has 0 aliphatic heterocycles. The van der Waals surface area contributed by atoms with Gasteiger partial charge in [0.25, 0.3) is 0 Å². The van der Waals surface area contributed by atoms with Gasteiger partial charge in [0.15, 0.2) is 0 Å². The summed E-state index contributed by atoms with van der Waals surface area (Å²) < 4.78 is 5.44. The lowest BCUT2D eigenvalue weighted by molar-refractivity contribution is -0.142. The highest BCUT2D eigenvalue weighted by Gasteiger charge is 2.08. The van der Waals surface area contributed by atoms with E-state index < -0.39 is 0 Å². The minimum Gasteiger partial charge on any atom is -0.466 e. The number of nitrogens with zero attached hydrogens (tertiary/aromatic N) is 1. The Labute approximate surface area is 95.6 Å². The first-order chi connectivity index (χ1) is 6.63. The normalized spacial score (nSPS) is 9.93. The highest BCUT2D eigenvalue weighted by Crippen LogP contribution is 2.17. The van der Waals surface area contributed by atoms with E-state index in [1.807, 2.05) is 0 Å². The van der Waals surface area contributed by atoms with Gasteiger partial charge in [0.05, 0.1) is 13.0 Å². The summed E-state index contributed by atoms with van der Waals surface area (Å²) in [5.41, 5.74) is 0.674. The van der Waals surface area contributed by atoms with Crippen molar-refractivity contribution >= 4 is 33.5 Å². The molecule has 1 rings (SSSR count). The van der Waals surface area contributed by atoms with Crippen molar-refractivity contribution in [2.45, 2.75) is 13.3 Å². The molecule has 0 spiro atoms. The van der Waals surface area contributed by atoms with Crippen molar-refractivity contribution in [2.24, 2.45) is 0 Å². The number of esters is 1. The second-order valence-electron chi connectivity index (χ2n) is 2.57. The van der Waals surface area contributed by atoms with Crippen molar-refractivity contribution in [3.8, 4) is 0 Å². The summed E-state index contributed by atoms with van der Waals surface area (Å²) in [6.45, 7) is 2.14. The largest absolute Gasteiger partial charge is 0.466 e. The minimum atomic E-state index is -0.293. The monoisotopic (exact) mass is 277 g/mol. The average Bonchev–Trinajstić information content (AvgIpc) is 2.10. The minimum absolute atomic E-state index is 0.160. The van der Waals surface area contributed by atoms with Crippen molar-refractivity contribution in [3.63, 3.8) is 0 Å². The molecule has 0 saturated carbocycles. The van der Waals surface area contributed by atoms with E-state index in [2.05, 4.69) is 20.9 Å². The van der Waals surface area contributed by atoms with Gasteiger partial charge in [0, 0.05) is 5.56 Å². The van der Waals surface area contributed by atoms with Crippen LogP contribution in [0.15, 0.2) is 16.7 Å². The van der Waals surface area contributed by atoms with E-state index in [1.54, 1.807) is 19.1 Å². The molecular formula is C9H9BrClNO2. The van der Waals surface area contributed by atoms with E-state index in [1.165, 1.54) is 0 Å². The van der Waals surface area contributed by atoms with E-state index in [0.29, 0.717) is 21.9 Å². The zero-order valence-corrected chi connectivity index (χ0v) is 9.93. The maximum atomic E-state index is 11.1. The SMILES string of the molecule is CCOC(=O)Cc1ccc(Br)nc1Cl. The zero-order valence-electron chi connectivity index (χ0n) is 7.59. The van der Waals surface area contributed by atoms with Crippen molar-refractivity contribution in [3.05, 3.63) is 27.5 Å². The van der Waals surface area contributed by atoms with Crippen LogP contribution in [-0.4, -0.2) is 17.6 Å². The summed E-state index contributed by atoms with van der Waals surface area (Å²) >= 11 is 9.01. The van der Waals surface area contributed by atoms with Gasteiger partial charge in [-0.1, -0.05) is 17.7 Å². The predicted molar refractivity (Wildman–Crippen MR) is 57.3 cm³/mol. The van der Waals surface area contributed by atoms with Gasteiger partial charge in [-0.2, -0.15) is 0 Å². The van der Waals surface area contributed by atoms with Gasteiger partial charge in [0.2, 0.25) is 0 Å². The van der Waals surface area contributed by atoms with Gasteiger partial charge in [-0.15, -0.1) is 0 Å². The van der Waals surface area contributed by atoms with E-state index >= 15 is 0 Å². The molecule has 5 heteroatoms. The molecule has 1 heterocycles. The number of carbonyl (C=O) groups excluding carboxylic acids is 1. The second kappa shape index (κ2) is 5.32. The van der Waals surface area contributed by atoms with Crippen LogP contribution < -0.4 is 0 Å². The lowest BCUT2D eigenvalue weighted by atomic mass is 10.2. The van der Waals surface area contributed by atoms with Gasteiger partial charge < -0.3 is 4.74 Å². The maximum Gasteiger partial charge on any atom is 0.310 e. The Morgan fingerprint density at radius 1 is 1.64 bits per heavy atom. The Hall–Kier alpha value is -0.610. The Morgan fingerprint density at radius 2 is 2.36 bits per heavy atom. The molecule has 76 valence electrons. The van der Waals surface area contributed by atoms with Crippen LogP contribution in [0.2, 0.25) is 5.15 Å². The number of halogens is 2. The first kappa shape index (κ1) is 11.5. The molecule has 0 N–H and O–H groups in total. The lowest BCUT2D eigenvalue weighted by Crippen LogP contribution is -2.08. The Kier molecular flexibility index (Phi) is 4.35. The Balaban J connectivity index is 2.72. The first-order valence-electron chi connectivity index (χ1n) is 4.10.